The van der Waals surface area contributed by atoms with Crippen LogP contribution in [0, 0.1) is 0 Å². The van der Waals surface area contributed by atoms with Crippen molar-refractivity contribution >= 4 is 29.6 Å². The molecule has 0 nitrogen and oxygen atoms in total. The van der Waals surface area contributed by atoms with Crippen LogP contribution in [0.4, 0.5) is 0 Å². The van der Waals surface area contributed by atoms with Crippen LogP contribution < -0.4 is 9.75 Å². The van der Waals surface area contributed by atoms with Crippen LogP contribution in [0.25, 0.3) is 18.2 Å². The molecule has 0 saturated heterocycles. The molecule has 0 amide bonds. The van der Waals surface area contributed by atoms with Gasteiger partial charge >= 0.3 is 0 Å². The molecule has 13 heavy (non-hydrogen) atoms. The zero-order valence-corrected chi connectivity index (χ0v) is 8.36. The van der Waals surface area contributed by atoms with Crippen LogP contribution >= 0.6 is 11.3 Å². The van der Waals surface area contributed by atoms with E-state index in [0.29, 0.717) is 0 Å². The van der Waals surface area contributed by atoms with Crippen molar-refractivity contribution in [2.45, 2.75) is 25.7 Å². The predicted octanol–water partition coefficient (Wildman–Crippen LogP) is 2.06. The van der Waals surface area contributed by atoms with E-state index >= 15 is 0 Å². The summed E-state index contributed by atoms with van der Waals surface area (Å²) in [5, 5.41) is 1.55. The molecule has 1 heterocycles. The first kappa shape index (κ1) is 7.57. The summed E-state index contributed by atoms with van der Waals surface area (Å²) >= 11 is 1.96. The van der Waals surface area contributed by atoms with Gasteiger partial charge < -0.3 is 0 Å². The molecule has 0 bridgehead atoms. The second-order valence-electron chi connectivity index (χ2n) is 3.65. The number of hydrogen-bond donors (Lipinski definition) is 0. The highest BCUT2D eigenvalue weighted by Gasteiger charge is 2.10. The molecule has 0 saturated carbocycles. The summed E-state index contributed by atoms with van der Waals surface area (Å²) in [7, 11) is 0. The number of rotatable bonds is 0. The number of hydrogen-bond acceptors (Lipinski definition) is 1. The molecule has 0 aromatic carbocycles. The molecule has 0 aliphatic heterocycles. The van der Waals surface area contributed by atoms with Gasteiger partial charge in [-0.25, -0.2) is 0 Å². The number of fused-ring (bicyclic) bond motifs is 3. The van der Waals surface area contributed by atoms with Gasteiger partial charge in [0.2, 0.25) is 0 Å². The van der Waals surface area contributed by atoms with Crippen molar-refractivity contribution in [3.8, 4) is 0 Å². The fraction of sp³-hybridized carbons (Fsp3) is 0.333. The molecule has 1 aromatic heterocycles. The van der Waals surface area contributed by atoms with Crippen molar-refractivity contribution in [3.63, 3.8) is 0 Å². The third kappa shape index (κ3) is 1.11. The maximum Gasteiger partial charge on any atom is 0.0311 e. The summed E-state index contributed by atoms with van der Waals surface area (Å²) in [4.78, 5) is 1.51. The largest absolute Gasteiger partial charge is 0.136 e. The van der Waals surface area contributed by atoms with Crippen molar-refractivity contribution in [3.05, 3.63) is 26.3 Å². The third-order valence-corrected chi connectivity index (χ3v) is 3.99. The Labute approximate surface area is 81.9 Å². The van der Waals surface area contributed by atoms with Crippen molar-refractivity contribution in [1.29, 1.82) is 0 Å². The quantitative estimate of drug-likeness (QED) is 0.584. The molecule has 1 aromatic rings. The summed E-state index contributed by atoms with van der Waals surface area (Å²) in [6.45, 7) is 0. The summed E-state index contributed by atoms with van der Waals surface area (Å²) < 4.78 is 1.52. The standard InChI is InChI=1S/C12H12S/c1-3-7-11-9(5-1)10-6-2-4-8-12(10)13-11/h3,6-8H,1-2,4-5H2. The highest BCUT2D eigenvalue weighted by molar-refractivity contribution is 7.11. The Bertz CT molecular complexity index is 474. The SMILES string of the molecule is C1=Cc2sc3c(c2CC1)=CCCC=3. The highest BCUT2D eigenvalue weighted by Crippen LogP contribution is 2.19. The van der Waals surface area contributed by atoms with E-state index in [1.54, 1.807) is 10.8 Å². The molecule has 2 aliphatic carbocycles. The maximum atomic E-state index is 2.42. The van der Waals surface area contributed by atoms with E-state index in [1.165, 1.54) is 35.1 Å². The molecule has 0 unspecified atom stereocenters. The first-order valence-electron chi connectivity index (χ1n) is 4.94. The van der Waals surface area contributed by atoms with Crippen LogP contribution in [0.15, 0.2) is 6.08 Å². The highest BCUT2D eigenvalue weighted by atomic mass is 32.1. The Morgan fingerprint density at radius 2 is 2.00 bits per heavy atom. The van der Waals surface area contributed by atoms with Crippen molar-refractivity contribution in [2.75, 3.05) is 0 Å². The first-order chi connectivity index (χ1) is 6.45. The molecule has 3 rings (SSSR count). The summed E-state index contributed by atoms with van der Waals surface area (Å²) in [6, 6.07) is 0. The summed E-state index contributed by atoms with van der Waals surface area (Å²) in [6.07, 6.45) is 14.4. The zero-order valence-electron chi connectivity index (χ0n) is 7.55. The van der Waals surface area contributed by atoms with Gasteiger partial charge in [0.25, 0.3) is 0 Å². The normalized spacial score (nSPS) is 18.5. The van der Waals surface area contributed by atoms with E-state index < -0.39 is 0 Å². The lowest BCUT2D eigenvalue weighted by molar-refractivity contribution is 0.980. The van der Waals surface area contributed by atoms with E-state index in [2.05, 4.69) is 24.3 Å². The number of thiophene rings is 1. The minimum atomic E-state index is 1.23. The topological polar surface area (TPSA) is 0 Å². The first-order valence-corrected chi connectivity index (χ1v) is 5.75. The zero-order chi connectivity index (χ0) is 8.67. The Hall–Kier alpha value is -0.820. The van der Waals surface area contributed by atoms with Gasteiger partial charge in [-0.2, -0.15) is 0 Å². The average molecular weight is 188 g/mol. The lowest BCUT2D eigenvalue weighted by atomic mass is 10.0. The van der Waals surface area contributed by atoms with Crippen LogP contribution in [0.1, 0.15) is 29.7 Å². The summed E-state index contributed by atoms with van der Waals surface area (Å²) in [5.74, 6) is 0. The fourth-order valence-corrected chi connectivity index (χ4v) is 3.40. The molecule has 1 heteroatoms. The van der Waals surface area contributed by atoms with Gasteiger partial charge in [0.15, 0.2) is 0 Å². The van der Waals surface area contributed by atoms with Gasteiger partial charge in [-0.3, -0.25) is 0 Å². The Morgan fingerprint density at radius 3 is 3.00 bits per heavy atom. The minimum Gasteiger partial charge on any atom is -0.136 e. The smallest absolute Gasteiger partial charge is 0.0311 e. The Kier molecular flexibility index (Phi) is 1.66. The molecule has 0 radical (unpaired) electrons. The van der Waals surface area contributed by atoms with E-state index in [-0.39, 0.29) is 0 Å². The molecule has 0 N–H and O–H groups in total. The lowest BCUT2D eigenvalue weighted by Crippen LogP contribution is -2.24. The van der Waals surface area contributed by atoms with Crippen molar-refractivity contribution in [1.82, 2.24) is 0 Å². The fourth-order valence-electron chi connectivity index (χ4n) is 2.14. The third-order valence-electron chi connectivity index (χ3n) is 2.78. The molecular weight excluding hydrogens is 176 g/mol. The molecular formula is C12H12S. The van der Waals surface area contributed by atoms with Gasteiger partial charge in [-0.15, -0.1) is 11.3 Å². The van der Waals surface area contributed by atoms with E-state index in [4.69, 9.17) is 0 Å². The second-order valence-corrected chi connectivity index (χ2v) is 4.73. The van der Waals surface area contributed by atoms with Crippen LogP contribution in [0.2, 0.25) is 0 Å². The van der Waals surface area contributed by atoms with E-state index in [1.807, 2.05) is 11.3 Å². The Balaban J connectivity index is 2.40. The molecule has 0 atom stereocenters. The van der Waals surface area contributed by atoms with E-state index in [9.17, 15) is 0 Å². The van der Waals surface area contributed by atoms with Crippen molar-refractivity contribution < 1.29 is 0 Å². The van der Waals surface area contributed by atoms with Gasteiger partial charge in [0, 0.05) is 9.41 Å². The molecule has 0 spiro atoms. The monoisotopic (exact) mass is 188 g/mol. The summed E-state index contributed by atoms with van der Waals surface area (Å²) in [5.41, 5.74) is 1.61. The van der Waals surface area contributed by atoms with Gasteiger partial charge in [0.05, 0.1) is 0 Å². The minimum absolute atomic E-state index is 1.23. The van der Waals surface area contributed by atoms with Crippen LogP contribution in [0.5, 0.6) is 0 Å². The molecule has 2 aliphatic rings. The molecule has 66 valence electrons. The van der Waals surface area contributed by atoms with Gasteiger partial charge in [0.1, 0.15) is 0 Å². The van der Waals surface area contributed by atoms with Gasteiger partial charge in [-0.1, -0.05) is 18.2 Å². The van der Waals surface area contributed by atoms with Crippen LogP contribution in [-0.2, 0) is 6.42 Å². The predicted molar refractivity (Wildman–Crippen MR) is 59.1 cm³/mol. The average Bonchev–Trinajstić information content (AvgIpc) is 2.56. The maximum absolute atomic E-state index is 2.42. The van der Waals surface area contributed by atoms with Crippen molar-refractivity contribution in [2.24, 2.45) is 0 Å². The molecule has 0 fully saturated rings. The van der Waals surface area contributed by atoms with Crippen LogP contribution in [-0.4, -0.2) is 0 Å². The van der Waals surface area contributed by atoms with Crippen LogP contribution in [0.3, 0.4) is 0 Å². The second kappa shape index (κ2) is 2.85. The number of allylic oxidation sites excluding steroid dienone is 1. The van der Waals surface area contributed by atoms with E-state index in [0.717, 1.165) is 0 Å². The van der Waals surface area contributed by atoms with Gasteiger partial charge in [-0.05, 0) is 42.5 Å². The lowest BCUT2D eigenvalue weighted by Gasteiger charge is -2.03. The Morgan fingerprint density at radius 1 is 1.08 bits per heavy atom.